The van der Waals surface area contributed by atoms with Gasteiger partial charge in [-0.2, -0.15) is 0 Å². The van der Waals surface area contributed by atoms with Crippen LogP contribution in [0.5, 0.6) is 0 Å². The number of terminal acetylenes is 1. The zero-order chi connectivity index (χ0) is 4.71. The van der Waals surface area contributed by atoms with Crippen molar-refractivity contribution in [3.63, 3.8) is 0 Å². The molecule has 0 spiro atoms. The lowest BCUT2D eigenvalue weighted by atomic mass is 11.4. The second kappa shape index (κ2) is 59.5. The van der Waals surface area contributed by atoms with Gasteiger partial charge in [0, 0.05) is 6.66 Å². The normalized spacial score (nSPS) is 4.60. The van der Waals surface area contributed by atoms with Crippen molar-refractivity contribution < 1.29 is 4.57 Å². The van der Waals surface area contributed by atoms with Crippen molar-refractivity contribution in [2.45, 2.75) is 0 Å². The van der Waals surface area contributed by atoms with Crippen LogP contribution in [0.1, 0.15) is 0 Å². The maximum Gasteiger partial charge on any atom is 0.151 e. The van der Waals surface area contributed by atoms with Gasteiger partial charge in [-0.05, 0) is 0 Å². The molecule has 0 saturated heterocycles. The number of hydrogen-bond acceptors (Lipinski definition) is 1. The lowest BCUT2D eigenvalue weighted by Gasteiger charge is -1.20. The summed E-state index contributed by atoms with van der Waals surface area (Å²) in [5.41, 5.74) is 0. The zero-order valence-electron chi connectivity index (χ0n) is 3.01. The molecule has 0 amide bonds. The van der Waals surface area contributed by atoms with Crippen molar-refractivity contribution in [3.05, 3.63) is 0 Å². The Labute approximate surface area is 33.6 Å². The first-order valence-corrected chi connectivity index (χ1v) is 2.22. The standard InChI is InChI=1S/C2H2.CH3OP/c1-2;1-3-2/h1-2H;1H3. The minimum atomic E-state index is 0.167. The molecular formula is C3H5OP. The average Bonchev–Trinajstić information content (AvgIpc) is 1.46. The van der Waals surface area contributed by atoms with Gasteiger partial charge in [0.2, 0.25) is 0 Å². The van der Waals surface area contributed by atoms with Crippen molar-refractivity contribution in [3.8, 4) is 12.8 Å². The zero-order valence-corrected chi connectivity index (χ0v) is 3.90. The van der Waals surface area contributed by atoms with Gasteiger partial charge < -0.3 is 0 Å². The summed E-state index contributed by atoms with van der Waals surface area (Å²) < 4.78 is 8.90. The second-order valence-electron chi connectivity index (χ2n) is 0.183. The van der Waals surface area contributed by atoms with Gasteiger partial charge >= 0.3 is 0 Å². The quantitative estimate of drug-likeness (QED) is 0.320. The molecule has 0 atom stereocenters. The Morgan fingerprint density at radius 3 is 1.60 bits per heavy atom. The first-order valence-electron chi connectivity index (χ1n) is 0.963. The van der Waals surface area contributed by atoms with Crippen LogP contribution in [0, 0.1) is 12.8 Å². The first-order chi connectivity index (χ1) is 2.41. The topological polar surface area (TPSA) is 17.1 Å². The molecule has 0 heterocycles. The highest BCUT2D eigenvalue weighted by Gasteiger charge is 1.27. The van der Waals surface area contributed by atoms with Crippen molar-refractivity contribution in [1.82, 2.24) is 0 Å². The van der Waals surface area contributed by atoms with E-state index in [2.05, 4.69) is 12.8 Å². The fraction of sp³-hybridized carbons (Fsp3) is 0.333. The summed E-state index contributed by atoms with van der Waals surface area (Å²) in [6.07, 6.45) is 8.00. The van der Waals surface area contributed by atoms with Crippen LogP contribution in [0.2, 0.25) is 0 Å². The Kier molecular flexibility index (Phi) is 105. The van der Waals surface area contributed by atoms with Crippen LogP contribution in [0.4, 0.5) is 0 Å². The predicted molar refractivity (Wildman–Crippen MR) is 23.4 cm³/mol. The van der Waals surface area contributed by atoms with Crippen molar-refractivity contribution in [2.24, 2.45) is 0 Å². The molecule has 0 aliphatic rings. The lowest BCUT2D eigenvalue weighted by Crippen LogP contribution is -0.988. The Balaban J connectivity index is 0. The van der Waals surface area contributed by atoms with E-state index in [1.165, 1.54) is 0 Å². The molecule has 0 aromatic heterocycles. The van der Waals surface area contributed by atoms with Crippen LogP contribution in [0.3, 0.4) is 0 Å². The molecule has 2 heteroatoms. The lowest BCUT2D eigenvalue weighted by molar-refractivity contribution is 0.601. The van der Waals surface area contributed by atoms with Gasteiger partial charge in [-0.3, -0.25) is 4.57 Å². The molecule has 5 heavy (non-hydrogen) atoms. The first kappa shape index (κ1) is 8.82. The van der Waals surface area contributed by atoms with Gasteiger partial charge in [-0.15, -0.1) is 12.8 Å². The molecule has 0 fully saturated rings. The highest BCUT2D eigenvalue weighted by atomic mass is 31.1. The predicted octanol–water partition coefficient (Wildman–Crippen LogP) is 1.16. The molecule has 28 valence electrons. The smallest absolute Gasteiger partial charge is 0.151 e. The van der Waals surface area contributed by atoms with Gasteiger partial charge in [0.15, 0.2) is 8.46 Å². The van der Waals surface area contributed by atoms with Crippen LogP contribution in [-0.4, -0.2) is 6.66 Å². The molecule has 0 saturated carbocycles. The van der Waals surface area contributed by atoms with E-state index in [4.69, 9.17) is 4.57 Å². The number of rotatable bonds is 0. The summed E-state index contributed by atoms with van der Waals surface area (Å²) in [7, 11) is 0.167. The molecule has 0 rings (SSSR count). The van der Waals surface area contributed by atoms with Gasteiger partial charge in [0.25, 0.3) is 0 Å². The van der Waals surface area contributed by atoms with E-state index >= 15 is 0 Å². The Morgan fingerprint density at radius 2 is 1.60 bits per heavy atom. The summed E-state index contributed by atoms with van der Waals surface area (Å²) in [6.45, 7) is 1.54. The molecular weight excluding hydrogens is 83.0 g/mol. The van der Waals surface area contributed by atoms with Crippen LogP contribution in [-0.2, 0) is 4.57 Å². The third-order valence-corrected chi connectivity index (χ3v) is 0. The Hall–Kier alpha value is -0.340. The van der Waals surface area contributed by atoms with Gasteiger partial charge in [0.05, 0.1) is 0 Å². The summed E-state index contributed by atoms with van der Waals surface area (Å²) >= 11 is 0. The van der Waals surface area contributed by atoms with E-state index in [1.807, 2.05) is 0 Å². The Morgan fingerprint density at radius 1 is 1.60 bits per heavy atom. The largest absolute Gasteiger partial charge is 0.275 e. The SMILES string of the molecule is C#C.CP=O. The fourth-order valence-corrected chi connectivity index (χ4v) is 0. The fourth-order valence-electron chi connectivity index (χ4n) is 0. The minimum absolute atomic E-state index is 0.167. The number of hydrogen-bond donors (Lipinski definition) is 0. The van der Waals surface area contributed by atoms with Crippen LogP contribution in [0.15, 0.2) is 0 Å². The maximum atomic E-state index is 8.90. The molecule has 0 unspecified atom stereocenters. The van der Waals surface area contributed by atoms with Crippen molar-refractivity contribution in [1.29, 1.82) is 0 Å². The second-order valence-corrected chi connectivity index (χ2v) is 0.548. The van der Waals surface area contributed by atoms with Crippen LogP contribution < -0.4 is 0 Å². The van der Waals surface area contributed by atoms with Crippen LogP contribution in [0.25, 0.3) is 0 Å². The van der Waals surface area contributed by atoms with E-state index in [-0.39, 0.29) is 8.46 Å². The third kappa shape index (κ3) is 87.2. The summed E-state index contributed by atoms with van der Waals surface area (Å²) in [5.74, 6) is 0. The van der Waals surface area contributed by atoms with E-state index in [0.717, 1.165) is 0 Å². The highest BCUT2D eigenvalue weighted by Crippen LogP contribution is 1.67. The van der Waals surface area contributed by atoms with Crippen molar-refractivity contribution >= 4 is 8.46 Å². The van der Waals surface area contributed by atoms with Gasteiger partial charge in [-0.25, -0.2) is 0 Å². The molecule has 0 aromatic carbocycles. The minimum Gasteiger partial charge on any atom is -0.275 e. The third-order valence-electron chi connectivity index (χ3n) is 0. The summed E-state index contributed by atoms with van der Waals surface area (Å²) in [6, 6.07) is 0. The van der Waals surface area contributed by atoms with E-state index < -0.39 is 0 Å². The van der Waals surface area contributed by atoms with E-state index in [0.29, 0.717) is 0 Å². The molecule has 0 aromatic rings. The molecule has 0 N–H and O–H groups in total. The molecule has 0 aliphatic carbocycles. The van der Waals surface area contributed by atoms with E-state index in [9.17, 15) is 0 Å². The Bertz CT molecular complexity index is 31.1. The van der Waals surface area contributed by atoms with E-state index in [1.54, 1.807) is 6.66 Å². The summed E-state index contributed by atoms with van der Waals surface area (Å²) in [4.78, 5) is 0. The van der Waals surface area contributed by atoms with Crippen LogP contribution >= 0.6 is 8.46 Å². The summed E-state index contributed by atoms with van der Waals surface area (Å²) in [5, 5.41) is 0. The van der Waals surface area contributed by atoms with Gasteiger partial charge in [0.1, 0.15) is 0 Å². The average molecular weight is 88.0 g/mol. The monoisotopic (exact) mass is 88.0 g/mol. The molecule has 1 nitrogen and oxygen atoms in total. The van der Waals surface area contributed by atoms with Gasteiger partial charge in [-0.1, -0.05) is 0 Å². The van der Waals surface area contributed by atoms with Crippen molar-refractivity contribution in [2.75, 3.05) is 6.66 Å². The molecule has 0 radical (unpaired) electrons. The maximum absolute atomic E-state index is 8.90. The molecule has 0 aliphatic heterocycles. The molecule has 0 bridgehead atoms. The highest BCUT2D eigenvalue weighted by molar-refractivity contribution is 7.22.